The molecule has 1 saturated heterocycles. The molecule has 1 aliphatic rings. The number of fused-ring (bicyclic) bond motifs is 1. The summed E-state index contributed by atoms with van der Waals surface area (Å²) in [5.41, 5.74) is 3.82. The Kier molecular flexibility index (Phi) is 7.76. The summed E-state index contributed by atoms with van der Waals surface area (Å²) in [6.07, 6.45) is 7.45. The second-order valence-electron chi connectivity index (χ2n) is 9.02. The fourth-order valence-corrected chi connectivity index (χ4v) is 5.20. The number of alkyl carbamates (subject to hydrolysis) is 1. The van der Waals surface area contributed by atoms with E-state index in [-0.39, 0.29) is 12.2 Å². The number of unbranched alkanes of at least 4 members (excludes halogenated alkanes) is 1. The number of anilines is 1. The monoisotopic (exact) mass is 585 g/mol. The average molecular weight is 585 g/mol. The first-order chi connectivity index (χ1) is 15.8. The van der Waals surface area contributed by atoms with Crippen LogP contribution in [-0.4, -0.2) is 58.7 Å². The molecule has 1 amide bonds. The summed E-state index contributed by atoms with van der Waals surface area (Å²) in [6, 6.07) is 4.32. The molecule has 1 N–H and O–H groups in total. The van der Waals surface area contributed by atoms with Gasteiger partial charge < -0.3 is 24.2 Å². The number of rotatable bonds is 9. The molecule has 0 radical (unpaired) electrons. The summed E-state index contributed by atoms with van der Waals surface area (Å²) in [5, 5.41) is 12.3. The fourth-order valence-electron chi connectivity index (χ4n) is 3.67. The normalized spacial score (nSPS) is 14.8. The summed E-state index contributed by atoms with van der Waals surface area (Å²) >= 11 is 2.35. The predicted molar refractivity (Wildman–Crippen MR) is 138 cm³/mol. The maximum Gasteiger partial charge on any atom is 0.407 e. The Labute approximate surface area is 207 Å². The zero-order chi connectivity index (χ0) is 23.4. The minimum atomic E-state index is -0.473. The molecule has 3 aromatic rings. The van der Waals surface area contributed by atoms with Crippen molar-refractivity contribution < 1.29 is 18.8 Å². The lowest BCUT2D eigenvalue weighted by atomic mass is 10.0. The Morgan fingerprint density at radius 3 is 2.79 bits per heavy atom. The largest absolute Gasteiger partial charge is 0.444 e. The van der Waals surface area contributed by atoms with Crippen LogP contribution in [0.25, 0.3) is 22.0 Å². The van der Waals surface area contributed by atoms with E-state index in [1.165, 1.54) is 0 Å². The van der Waals surface area contributed by atoms with Crippen LogP contribution >= 0.6 is 28.4 Å². The first-order valence-corrected chi connectivity index (χ1v) is 15.0. The highest BCUT2D eigenvalue weighted by atomic mass is 127. The molecule has 1 aromatic carbocycles. The van der Waals surface area contributed by atoms with Gasteiger partial charge >= 0.3 is 6.09 Å². The molecule has 0 bridgehead atoms. The van der Waals surface area contributed by atoms with Crippen LogP contribution in [0.15, 0.2) is 35.3 Å². The molecular formula is C22H29IN5O4P. The molecule has 9 nitrogen and oxygen atoms in total. The molecular weight excluding hydrogens is 556 g/mol. The Hall–Kier alpha value is -1.91. The molecule has 0 spiro atoms. The van der Waals surface area contributed by atoms with Crippen LogP contribution in [0.5, 0.6) is 0 Å². The van der Waals surface area contributed by atoms with Crippen molar-refractivity contribution in [3.05, 3.63) is 30.8 Å². The maximum absolute atomic E-state index is 11.7. The van der Waals surface area contributed by atoms with Crippen LogP contribution in [0.4, 0.5) is 10.5 Å². The summed E-state index contributed by atoms with van der Waals surface area (Å²) in [5.74, 6) is 0. The van der Waals surface area contributed by atoms with Gasteiger partial charge in [0.15, 0.2) is 0 Å². The lowest BCUT2D eigenvalue weighted by Gasteiger charge is -2.41. The van der Waals surface area contributed by atoms with Gasteiger partial charge in [0.2, 0.25) is 0 Å². The van der Waals surface area contributed by atoms with Crippen molar-refractivity contribution in [2.75, 3.05) is 31.1 Å². The number of hydrogen-bond acceptors (Lipinski definition) is 7. The van der Waals surface area contributed by atoms with E-state index in [1.54, 1.807) is 12.5 Å². The van der Waals surface area contributed by atoms with Crippen molar-refractivity contribution in [1.29, 1.82) is 0 Å². The number of amides is 1. The molecule has 0 aliphatic carbocycles. The average Bonchev–Trinajstić information content (AvgIpc) is 3.39. The van der Waals surface area contributed by atoms with Crippen LogP contribution in [0, 0.1) is 0 Å². The molecule has 4 rings (SSSR count). The van der Waals surface area contributed by atoms with Gasteiger partial charge in [0.05, 0.1) is 30.4 Å². The SMILES string of the molecule is CC(C)(C)OC(=O)NCCCCOC1CN(c2cc(-c3cnoc3)cc3c2cnn3PI)C1. The van der Waals surface area contributed by atoms with Gasteiger partial charge in [-0.2, -0.15) is 5.10 Å². The van der Waals surface area contributed by atoms with Crippen LogP contribution in [0.1, 0.15) is 33.6 Å². The van der Waals surface area contributed by atoms with Gasteiger partial charge in [-0.1, -0.05) is 5.16 Å². The first-order valence-electron chi connectivity index (χ1n) is 11.0. The first kappa shape index (κ1) is 24.2. The number of nitrogens with zero attached hydrogens (tertiary/aromatic N) is 4. The van der Waals surface area contributed by atoms with Gasteiger partial charge in [0, 0.05) is 42.9 Å². The summed E-state index contributed by atoms with van der Waals surface area (Å²) in [6.45, 7) is 8.52. The van der Waals surface area contributed by atoms with E-state index < -0.39 is 5.60 Å². The van der Waals surface area contributed by atoms with Crippen molar-refractivity contribution in [3.8, 4) is 11.1 Å². The highest BCUT2D eigenvalue weighted by molar-refractivity contribution is 14.2. The Morgan fingerprint density at radius 1 is 1.27 bits per heavy atom. The van der Waals surface area contributed by atoms with Gasteiger partial charge in [-0.3, -0.25) is 0 Å². The van der Waals surface area contributed by atoms with Gasteiger partial charge in [0.25, 0.3) is 0 Å². The van der Waals surface area contributed by atoms with E-state index in [0.29, 0.717) is 19.5 Å². The zero-order valence-electron chi connectivity index (χ0n) is 19.0. The molecule has 1 aliphatic heterocycles. The smallest absolute Gasteiger partial charge is 0.407 e. The molecule has 1 fully saturated rings. The molecule has 178 valence electrons. The molecule has 3 heterocycles. The predicted octanol–water partition coefficient (Wildman–Crippen LogP) is 4.99. The summed E-state index contributed by atoms with van der Waals surface area (Å²) in [7, 11) is 0. The number of halogens is 1. The highest BCUT2D eigenvalue weighted by Crippen LogP contribution is 2.38. The number of nitrogens with one attached hydrogen (secondary N) is 1. The third kappa shape index (κ3) is 6.16. The van der Waals surface area contributed by atoms with Gasteiger partial charge in [0.1, 0.15) is 11.9 Å². The van der Waals surface area contributed by atoms with E-state index in [2.05, 4.69) is 54.6 Å². The summed E-state index contributed by atoms with van der Waals surface area (Å²) in [4.78, 5) is 14.0. The number of ether oxygens (including phenoxy) is 2. The van der Waals surface area contributed by atoms with E-state index in [9.17, 15) is 4.79 Å². The highest BCUT2D eigenvalue weighted by Gasteiger charge is 2.29. The van der Waals surface area contributed by atoms with Crippen molar-refractivity contribution in [2.45, 2.75) is 45.3 Å². The maximum atomic E-state index is 11.7. The molecule has 33 heavy (non-hydrogen) atoms. The second-order valence-corrected chi connectivity index (χ2v) is 11.1. The van der Waals surface area contributed by atoms with Gasteiger partial charge in [-0.05, 0) is 73.3 Å². The Bertz CT molecular complexity index is 1080. The number of carbonyl (C=O) groups is 1. The Morgan fingerprint density at radius 2 is 2.09 bits per heavy atom. The van der Waals surface area contributed by atoms with Crippen LogP contribution < -0.4 is 10.2 Å². The van der Waals surface area contributed by atoms with E-state index in [1.807, 2.05) is 31.4 Å². The van der Waals surface area contributed by atoms with Crippen molar-refractivity contribution in [2.24, 2.45) is 0 Å². The topological polar surface area (TPSA) is 94.7 Å². The van der Waals surface area contributed by atoms with Crippen molar-refractivity contribution in [1.82, 2.24) is 20.0 Å². The van der Waals surface area contributed by atoms with Crippen molar-refractivity contribution >= 4 is 51.1 Å². The molecule has 0 saturated carbocycles. The lowest BCUT2D eigenvalue weighted by Crippen LogP contribution is -2.52. The van der Waals surface area contributed by atoms with Crippen molar-refractivity contribution in [3.63, 3.8) is 0 Å². The standard InChI is InChI=1S/C22H29IN5O4P/c1-22(2,3)32-21(29)24-6-4-5-7-30-17-12-27(13-17)19-8-15(16-10-26-31-14-16)9-20-18(19)11-25-28(20)33-23/h8-11,14,17,33H,4-7,12-13H2,1-3H3,(H,24,29). The molecule has 1 unspecified atom stereocenters. The minimum absolute atomic E-state index is 0.208. The third-order valence-electron chi connectivity index (χ3n) is 5.29. The fraction of sp³-hybridized carbons (Fsp3) is 0.500. The zero-order valence-corrected chi connectivity index (χ0v) is 22.2. The number of benzene rings is 1. The number of aromatic nitrogens is 3. The summed E-state index contributed by atoms with van der Waals surface area (Å²) < 4.78 is 18.3. The lowest BCUT2D eigenvalue weighted by molar-refractivity contribution is 0.0317. The van der Waals surface area contributed by atoms with Crippen LogP contribution in [-0.2, 0) is 9.47 Å². The van der Waals surface area contributed by atoms with E-state index in [4.69, 9.17) is 14.0 Å². The molecule has 1 atom stereocenters. The minimum Gasteiger partial charge on any atom is -0.444 e. The van der Waals surface area contributed by atoms with E-state index >= 15 is 0 Å². The van der Waals surface area contributed by atoms with E-state index in [0.717, 1.165) is 53.6 Å². The second kappa shape index (κ2) is 10.6. The quantitative estimate of drug-likeness (QED) is 0.215. The molecule has 2 aromatic heterocycles. The van der Waals surface area contributed by atoms with Crippen LogP contribution in [0.3, 0.4) is 0 Å². The number of carbonyl (C=O) groups excluding carboxylic acids is 1. The van der Waals surface area contributed by atoms with Gasteiger partial charge in [-0.25, -0.2) is 9.25 Å². The number of hydrogen-bond donors (Lipinski definition) is 1. The third-order valence-corrected chi connectivity index (χ3v) is 7.18. The van der Waals surface area contributed by atoms with Gasteiger partial charge in [-0.15, -0.1) is 0 Å². The van der Waals surface area contributed by atoms with Crippen LogP contribution in [0.2, 0.25) is 0 Å². The Balaban J connectivity index is 1.26. The molecule has 11 heteroatoms.